The van der Waals surface area contributed by atoms with E-state index in [0.717, 1.165) is 37.9 Å². The lowest BCUT2D eigenvalue weighted by atomic mass is 9.78. The molecule has 1 unspecified atom stereocenters. The van der Waals surface area contributed by atoms with Gasteiger partial charge in [-0.05, 0) is 43.9 Å². The van der Waals surface area contributed by atoms with E-state index in [1.807, 2.05) is 11.8 Å². The van der Waals surface area contributed by atoms with Crippen LogP contribution in [-0.2, 0) is 10.9 Å². The molecule has 1 N–H and O–H groups in total. The van der Waals surface area contributed by atoms with Gasteiger partial charge in [0.2, 0.25) is 0 Å². The summed E-state index contributed by atoms with van der Waals surface area (Å²) in [5, 5.41) is 2.87. The van der Waals surface area contributed by atoms with Crippen LogP contribution >= 0.6 is 0 Å². The van der Waals surface area contributed by atoms with Crippen LogP contribution in [0.4, 0.5) is 18.0 Å². The third-order valence-corrected chi connectivity index (χ3v) is 5.44. The Morgan fingerprint density at radius 3 is 2.67 bits per heavy atom. The lowest BCUT2D eigenvalue weighted by molar-refractivity contribution is -0.137. The van der Waals surface area contributed by atoms with Crippen LogP contribution in [0.15, 0.2) is 24.3 Å². The van der Waals surface area contributed by atoms with Gasteiger partial charge in [0.05, 0.1) is 17.6 Å². The predicted molar refractivity (Wildman–Crippen MR) is 93.7 cm³/mol. The van der Waals surface area contributed by atoms with Crippen LogP contribution in [0.25, 0.3) is 0 Å². The van der Waals surface area contributed by atoms with Crippen LogP contribution < -0.4 is 10.1 Å². The van der Waals surface area contributed by atoms with E-state index in [0.29, 0.717) is 19.6 Å². The molecule has 8 heteroatoms. The van der Waals surface area contributed by atoms with Crippen molar-refractivity contribution in [1.29, 1.82) is 0 Å². The number of carbonyl (C=O) groups is 1. The Hall–Kier alpha value is -1.96. The Balaban J connectivity index is 1.54. The van der Waals surface area contributed by atoms with Crippen molar-refractivity contribution in [3.8, 4) is 5.75 Å². The summed E-state index contributed by atoms with van der Waals surface area (Å²) in [5.41, 5.74) is -0.840. The van der Waals surface area contributed by atoms with Gasteiger partial charge >= 0.3 is 12.2 Å². The third kappa shape index (κ3) is 4.48. The van der Waals surface area contributed by atoms with E-state index in [-0.39, 0.29) is 23.9 Å². The molecule has 2 aliphatic heterocycles. The lowest BCUT2D eigenvalue weighted by Crippen LogP contribution is -2.66. The number of halogens is 3. The number of likely N-dealkylation sites (tertiary alicyclic amines) is 1. The van der Waals surface area contributed by atoms with Gasteiger partial charge < -0.3 is 19.7 Å². The van der Waals surface area contributed by atoms with Crippen molar-refractivity contribution in [2.24, 2.45) is 0 Å². The van der Waals surface area contributed by atoms with E-state index in [2.05, 4.69) is 5.32 Å². The highest BCUT2D eigenvalue weighted by Crippen LogP contribution is 2.39. The number of amides is 2. The fourth-order valence-electron chi connectivity index (χ4n) is 3.63. The van der Waals surface area contributed by atoms with Crippen LogP contribution in [-0.4, -0.2) is 48.9 Å². The Morgan fingerprint density at radius 1 is 1.33 bits per heavy atom. The molecule has 1 spiro atoms. The molecule has 0 bridgehead atoms. The normalized spacial score (nSPS) is 20.1. The number of benzene rings is 1. The Labute approximate surface area is 156 Å². The number of hydrogen-bond acceptors (Lipinski definition) is 3. The number of ether oxygens (including phenoxy) is 2. The molecule has 2 saturated heterocycles. The van der Waals surface area contributed by atoms with Gasteiger partial charge in [0.1, 0.15) is 11.9 Å². The lowest BCUT2D eigenvalue weighted by Gasteiger charge is -2.54. The highest BCUT2D eigenvalue weighted by Gasteiger charge is 2.48. The fourth-order valence-corrected chi connectivity index (χ4v) is 3.63. The second kappa shape index (κ2) is 7.96. The van der Waals surface area contributed by atoms with Crippen molar-refractivity contribution >= 4 is 6.03 Å². The van der Waals surface area contributed by atoms with Gasteiger partial charge in [0.25, 0.3) is 0 Å². The summed E-state index contributed by atoms with van der Waals surface area (Å²) in [5.74, 6) is 0.149. The molecule has 1 aromatic rings. The van der Waals surface area contributed by atoms with Crippen LogP contribution in [0.3, 0.4) is 0 Å². The van der Waals surface area contributed by atoms with E-state index in [1.165, 1.54) is 12.1 Å². The van der Waals surface area contributed by atoms with E-state index in [4.69, 9.17) is 9.47 Å². The van der Waals surface area contributed by atoms with Crippen molar-refractivity contribution in [2.45, 2.75) is 50.4 Å². The molecule has 150 valence electrons. The minimum Gasteiger partial charge on any atom is -0.489 e. The maximum Gasteiger partial charge on any atom is 0.416 e. The molecule has 2 amide bonds. The summed E-state index contributed by atoms with van der Waals surface area (Å²) in [6, 6.07) is 4.66. The van der Waals surface area contributed by atoms with E-state index >= 15 is 0 Å². The summed E-state index contributed by atoms with van der Waals surface area (Å²) in [7, 11) is 0. The molecule has 2 heterocycles. The maximum atomic E-state index is 12.8. The zero-order valence-electron chi connectivity index (χ0n) is 15.3. The summed E-state index contributed by atoms with van der Waals surface area (Å²) in [6.45, 7) is 4.17. The summed E-state index contributed by atoms with van der Waals surface area (Å²) in [6.07, 6.45) is -1.57. The predicted octanol–water partition coefficient (Wildman–Crippen LogP) is 3.83. The standard InChI is InChI=1S/C19H25F3N2O3/c1-2-15(27-16-5-3-4-14(12-16)19(20,21)22)13-23-17(25)24-9-6-18(24)7-10-26-11-8-18/h3-5,12,15H,2,6-11,13H2,1H3,(H,23,25). The molecule has 1 aromatic carbocycles. The largest absolute Gasteiger partial charge is 0.489 e. The molecule has 2 aliphatic rings. The zero-order chi connectivity index (χ0) is 19.5. The van der Waals surface area contributed by atoms with Gasteiger partial charge in [-0.2, -0.15) is 13.2 Å². The van der Waals surface area contributed by atoms with E-state index < -0.39 is 17.8 Å². The number of hydrogen-bond donors (Lipinski definition) is 1. The number of urea groups is 1. The highest BCUT2D eigenvalue weighted by molar-refractivity contribution is 5.76. The first-order valence-corrected chi connectivity index (χ1v) is 9.31. The first-order chi connectivity index (χ1) is 12.8. The minimum absolute atomic E-state index is 0.0913. The topological polar surface area (TPSA) is 50.8 Å². The quantitative estimate of drug-likeness (QED) is 0.837. The average Bonchev–Trinajstić information content (AvgIpc) is 2.64. The second-order valence-electron chi connectivity index (χ2n) is 7.10. The minimum atomic E-state index is -4.41. The number of nitrogens with zero attached hydrogens (tertiary/aromatic N) is 1. The Morgan fingerprint density at radius 2 is 2.07 bits per heavy atom. The van der Waals surface area contributed by atoms with E-state index in [9.17, 15) is 18.0 Å². The van der Waals surface area contributed by atoms with Gasteiger partial charge in [0.15, 0.2) is 0 Å². The fraction of sp³-hybridized carbons (Fsp3) is 0.632. The van der Waals surface area contributed by atoms with E-state index in [1.54, 1.807) is 0 Å². The monoisotopic (exact) mass is 386 g/mol. The van der Waals surface area contributed by atoms with Crippen LogP contribution in [0.1, 0.15) is 38.2 Å². The smallest absolute Gasteiger partial charge is 0.416 e. The molecule has 27 heavy (non-hydrogen) atoms. The van der Waals surface area contributed by atoms with Gasteiger partial charge in [-0.1, -0.05) is 13.0 Å². The molecule has 0 aliphatic carbocycles. The Kier molecular flexibility index (Phi) is 5.83. The maximum absolute atomic E-state index is 12.8. The van der Waals surface area contributed by atoms with Crippen molar-refractivity contribution in [1.82, 2.24) is 10.2 Å². The molecular weight excluding hydrogens is 361 g/mol. The van der Waals surface area contributed by atoms with Crippen LogP contribution in [0.5, 0.6) is 5.75 Å². The number of nitrogens with one attached hydrogen (secondary N) is 1. The third-order valence-electron chi connectivity index (χ3n) is 5.44. The molecule has 5 nitrogen and oxygen atoms in total. The molecule has 0 aromatic heterocycles. The first-order valence-electron chi connectivity index (χ1n) is 9.31. The number of alkyl halides is 3. The number of carbonyl (C=O) groups excluding carboxylic acids is 1. The van der Waals surface area contributed by atoms with Gasteiger partial charge in [-0.15, -0.1) is 0 Å². The summed E-state index contributed by atoms with van der Waals surface area (Å²) >= 11 is 0. The van der Waals surface area contributed by atoms with Gasteiger partial charge in [-0.25, -0.2) is 4.79 Å². The van der Waals surface area contributed by atoms with Gasteiger partial charge in [-0.3, -0.25) is 0 Å². The van der Waals surface area contributed by atoms with Crippen molar-refractivity contribution < 1.29 is 27.4 Å². The molecule has 2 fully saturated rings. The van der Waals surface area contributed by atoms with Crippen LogP contribution in [0, 0.1) is 0 Å². The molecule has 1 atom stereocenters. The second-order valence-corrected chi connectivity index (χ2v) is 7.10. The zero-order valence-corrected chi connectivity index (χ0v) is 15.3. The molecule has 3 rings (SSSR count). The highest BCUT2D eigenvalue weighted by atomic mass is 19.4. The summed E-state index contributed by atoms with van der Waals surface area (Å²) < 4.78 is 49.5. The van der Waals surface area contributed by atoms with Crippen molar-refractivity contribution in [3.05, 3.63) is 29.8 Å². The Bertz CT molecular complexity index is 660. The van der Waals surface area contributed by atoms with Crippen molar-refractivity contribution in [3.63, 3.8) is 0 Å². The first kappa shape index (κ1) is 19.8. The molecular formula is C19H25F3N2O3. The van der Waals surface area contributed by atoms with Crippen molar-refractivity contribution in [2.75, 3.05) is 26.3 Å². The summed E-state index contributed by atoms with van der Waals surface area (Å²) in [4.78, 5) is 14.4. The number of rotatable bonds is 5. The average molecular weight is 386 g/mol. The molecule has 0 radical (unpaired) electrons. The van der Waals surface area contributed by atoms with Gasteiger partial charge in [0, 0.05) is 19.8 Å². The molecule has 0 saturated carbocycles. The SMILES string of the molecule is CCC(CNC(=O)N1CCC12CCOCC2)Oc1cccc(C(F)(F)F)c1. The van der Waals surface area contributed by atoms with Crippen LogP contribution in [0.2, 0.25) is 0 Å².